The van der Waals surface area contributed by atoms with Crippen molar-refractivity contribution in [3.05, 3.63) is 32.0 Å². The zero-order valence-electron chi connectivity index (χ0n) is 8.95. The molecule has 0 amide bonds. The van der Waals surface area contributed by atoms with Gasteiger partial charge < -0.3 is 11.1 Å². The van der Waals surface area contributed by atoms with Crippen LogP contribution in [0.25, 0.3) is 0 Å². The smallest absolute Gasteiger partial charge is 0.221 e. The zero-order chi connectivity index (χ0) is 12.4. The van der Waals surface area contributed by atoms with Gasteiger partial charge in [0.05, 0.1) is 14.9 Å². The van der Waals surface area contributed by atoms with Crippen molar-refractivity contribution in [3.63, 3.8) is 0 Å². The number of hydrogen-bond acceptors (Lipinski definition) is 5. The van der Waals surface area contributed by atoms with Gasteiger partial charge in [-0.05, 0) is 35.0 Å². The Labute approximate surface area is 116 Å². The maximum Gasteiger partial charge on any atom is 0.221 e. The van der Waals surface area contributed by atoms with E-state index in [9.17, 15) is 0 Å². The molecule has 0 aliphatic rings. The van der Waals surface area contributed by atoms with Gasteiger partial charge in [-0.3, -0.25) is 0 Å². The highest BCUT2D eigenvalue weighted by Gasteiger charge is 2.11. The topological polar surface area (TPSA) is 63.8 Å². The lowest BCUT2D eigenvalue weighted by Crippen LogP contribution is -2.08. The maximum atomic E-state index is 5.90. The Kier molecular flexibility index (Phi) is 3.86. The summed E-state index contributed by atoms with van der Waals surface area (Å²) in [5.41, 5.74) is 5.54. The van der Waals surface area contributed by atoms with Crippen LogP contribution in [0.2, 0.25) is 4.34 Å². The van der Waals surface area contributed by atoms with Crippen molar-refractivity contribution in [2.75, 3.05) is 11.1 Å². The van der Waals surface area contributed by atoms with E-state index < -0.39 is 0 Å². The van der Waals surface area contributed by atoms with Crippen molar-refractivity contribution in [2.24, 2.45) is 0 Å². The van der Waals surface area contributed by atoms with Crippen molar-refractivity contribution in [1.82, 2.24) is 9.97 Å². The average molecular weight is 334 g/mol. The van der Waals surface area contributed by atoms with Gasteiger partial charge in [0.1, 0.15) is 5.82 Å². The molecule has 0 aromatic carbocycles. The second kappa shape index (κ2) is 5.20. The van der Waals surface area contributed by atoms with E-state index in [1.807, 2.05) is 19.1 Å². The molecule has 0 saturated carbocycles. The van der Waals surface area contributed by atoms with E-state index >= 15 is 0 Å². The number of halogens is 2. The fraction of sp³-hybridized carbons (Fsp3) is 0.200. The van der Waals surface area contributed by atoms with E-state index in [1.54, 1.807) is 6.20 Å². The molecular formula is C10H10BrClN4S. The van der Waals surface area contributed by atoms with Crippen LogP contribution in [0.5, 0.6) is 0 Å². The van der Waals surface area contributed by atoms with Crippen molar-refractivity contribution in [2.45, 2.75) is 13.0 Å². The Balaban J connectivity index is 2.18. The Morgan fingerprint density at radius 2 is 2.29 bits per heavy atom. The maximum absolute atomic E-state index is 5.90. The first-order valence-corrected chi connectivity index (χ1v) is 6.85. The summed E-state index contributed by atoms with van der Waals surface area (Å²) in [6.45, 7) is 2.03. The summed E-state index contributed by atoms with van der Waals surface area (Å²) < 4.78 is 1.55. The monoisotopic (exact) mass is 332 g/mol. The normalized spacial score (nSPS) is 12.4. The molecule has 2 aromatic heterocycles. The molecule has 17 heavy (non-hydrogen) atoms. The predicted octanol–water partition coefficient (Wildman–Crippen LogP) is 3.71. The third-order valence-corrected chi connectivity index (χ3v) is 4.13. The third kappa shape index (κ3) is 3.08. The van der Waals surface area contributed by atoms with Crippen molar-refractivity contribution in [1.29, 1.82) is 0 Å². The third-order valence-electron chi connectivity index (χ3n) is 2.14. The van der Waals surface area contributed by atoms with Crippen LogP contribution in [0.4, 0.5) is 11.8 Å². The number of nitrogens with one attached hydrogen (secondary N) is 1. The van der Waals surface area contributed by atoms with Gasteiger partial charge in [0.2, 0.25) is 5.95 Å². The minimum absolute atomic E-state index is 0.109. The largest absolute Gasteiger partial charge is 0.368 e. The summed E-state index contributed by atoms with van der Waals surface area (Å²) in [5, 5.41) is 3.25. The lowest BCUT2D eigenvalue weighted by atomic mass is 10.3. The van der Waals surface area contributed by atoms with Crippen molar-refractivity contribution < 1.29 is 0 Å². The number of thiophene rings is 1. The molecule has 0 aliphatic heterocycles. The summed E-state index contributed by atoms with van der Waals surface area (Å²) in [7, 11) is 0. The van der Waals surface area contributed by atoms with Gasteiger partial charge in [0.15, 0.2) is 0 Å². The van der Waals surface area contributed by atoms with Gasteiger partial charge in [0.25, 0.3) is 0 Å². The molecule has 1 unspecified atom stereocenters. The Morgan fingerprint density at radius 3 is 2.94 bits per heavy atom. The number of nitrogens with two attached hydrogens (primary N) is 1. The molecule has 4 nitrogen and oxygen atoms in total. The first-order valence-electron chi connectivity index (χ1n) is 4.86. The number of nitrogens with zero attached hydrogens (tertiary/aromatic N) is 2. The van der Waals surface area contributed by atoms with Gasteiger partial charge in [-0.25, -0.2) is 4.98 Å². The van der Waals surface area contributed by atoms with Crippen LogP contribution in [0.3, 0.4) is 0 Å². The summed E-state index contributed by atoms with van der Waals surface area (Å²) in [6.07, 6.45) is 1.62. The van der Waals surface area contributed by atoms with Crippen LogP contribution >= 0.6 is 38.9 Å². The number of hydrogen-bond donors (Lipinski definition) is 2. The molecule has 2 rings (SSSR count). The molecule has 0 fully saturated rings. The number of anilines is 2. The van der Waals surface area contributed by atoms with E-state index in [-0.39, 0.29) is 12.0 Å². The molecular weight excluding hydrogens is 324 g/mol. The van der Waals surface area contributed by atoms with Gasteiger partial charge in [-0.15, -0.1) is 11.3 Å². The molecule has 1 atom stereocenters. The predicted molar refractivity (Wildman–Crippen MR) is 75.5 cm³/mol. The number of aromatic nitrogens is 2. The SMILES string of the molecule is CC(Nc1nc(N)ncc1Br)c1ccc(Cl)s1. The Morgan fingerprint density at radius 1 is 1.53 bits per heavy atom. The average Bonchev–Trinajstić information content (AvgIpc) is 2.70. The second-order valence-corrected chi connectivity index (χ2v) is 6.03. The highest BCUT2D eigenvalue weighted by molar-refractivity contribution is 9.10. The second-order valence-electron chi connectivity index (χ2n) is 3.43. The van der Waals surface area contributed by atoms with E-state index in [4.69, 9.17) is 17.3 Å². The Bertz CT molecular complexity index is 531. The summed E-state index contributed by atoms with van der Waals surface area (Å²) in [6, 6.07) is 3.98. The molecule has 0 aliphatic carbocycles. The van der Waals surface area contributed by atoms with Crippen LogP contribution in [-0.2, 0) is 0 Å². The van der Waals surface area contributed by atoms with Gasteiger partial charge >= 0.3 is 0 Å². The molecule has 90 valence electrons. The number of rotatable bonds is 3. The number of nitrogen functional groups attached to an aromatic ring is 1. The van der Waals surface area contributed by atoms with Crippen LogP contribution in [-0.4, -0.2) is 9.97 Å². The molecule has 2 aromatic rings. The minimum atomic E-state index is 0.109. The molecule has 2 heterocycles. The van der Waals surface area contributed by atoms with Gasteiger partial charge in [-0.1, -0.05) is 11.6 Å². The Hall–Kier alpha value is -0.850. The van der Waals surface area contributed by atoms with Gasteiger partial charge in [0, 0.05) is 11.1 Å². The highest BCUT2D eigenvalue weighted by atomic mass is 79.9. The van der Waals surface area contributed by atoms with E-state index in [0.717, 1.165) is 13.7 Å². The van der Waals surface area contributed by atoms with E-state index in [1.165, 1.54) is 11.3 Å². The van der Waals surface area contributed by atoms with E-state index in [0.29, 0.717) is 5.82 Å². The van der Waals surface area contributed by atoms with Crippen LogP contribution in [0, 0.1) is 0 Å². The first kappa shape index (κ1) is 12.6. The molecule has 0 radical (unpaired) electrons. The van der Waals surface area contributed by atoms with Crippen molar-refractivity contribution >= 4 is 50.6 Å². The van der Waals surface area contributed by atoms with Crippen LogP contribution in [0.1, 0.15) is 17.8 Å². The highest BCUT2D eigenvalue weighted by Crippen LogP contribution is 2.30. The minimum Gasteiger partial charge on any atom is -0.368 e. The lowest BCUT2D eigenvalue weighted by Gasteiger charge is -2.13. The molecule has 7 heteroatoms. The van der Waals surface area contributed by atoms with Crippen molar-refractivity contribution in [3.8, 4) is 0 Å². The standard InChI is InChI=1S/C10H10BrClN4S/c1-5(7-2-3-8(12)17-7)15-9-6(11)4-14-10(13)16-9/h2-5H,1H3,(H3,13,14,15,16). The van der Waals surface area contributed by atoms with E-state index in [2.05, 4.69) is 31.2 Å². The van der Waals surface area contributed by atoms with Crippen LogP contribution in [0.15, 0.2) is 22.8 Å². The molecule has 0 spiro atoms. The quantitative estimate of drug-likeness (QED) is 0.898. The summed E-state index contributed by atoms with van der Waals surface area (Å²) in [5.74, 6) is 0.918. The summed E-state index contributed by atoms with van der Waals surface area (Å²) >= 11 is 10.8. The lowest BCUT2D eigenvalue weighted by molar-refractivity contribution is 0.892. The zero-order valence-corrected chi connectivity index (χ0v) is 12.1. The van der Waals surface area contributed by atoms with Gasteiger partial charge in [-0.2, -0.15) is 4.98 Å². The first-order chi connectivity index (χ1) is 8.06. The fourth-order valence-corrected chi connectivity index (χ4v) is 2.69. The molecule has 0 saturated heterocycles. The molecule has 0 bridgehead atoms. The fourth-order valence-electron chi connectivity index (χ4n) is 1.32. The molecule has 3 N–H and O–H groups in total. The van der Waals surface area contributed by atoms with Crippen LogP contribution < -0.4 is 11.1 Å². The summed E-state index contributed by atoms with van der Waals surface area (Å²) in [4.78, 5) is 9.15.